The molecule has 0 aliphatic carbocycles. The van der Waals surface area contributed by atoms with Crippen molar-refractivity contribution in [3.8, 4) is 0 Å². The fraction of sp³-hybridized carbons (Fsp3) is 0.389. The van der Waals surface area contributed by atoms with Gasteiger partial charge in [0, 0.05) is 30.0 Å². The van der Waals surface area contributed by atoms with Gasteiger partial charge in [0.05, 0.1) is 10.9 Å². The van der Waals surface area contributed by atoms with Gasteiger partial charge >= 0.3 is 6.18 Å². The molecule has 0 spiro atoms. The number of nitrogens with zero attached hydrogens (tertiary/aromatic N) is 2. The van der Waals surface area contributed by atoms with Crippen LogP contribution in [0.15, 0.2) is 41.3 Å². The highest BCUT2D eigenvalue weighted by Crippen LogP contribution is 2.32. The van der Waals surface area contributed by atoms with Crippen LogP contribution in [0.5, 0.6) is 0 Å². The molecule has 3 rings (SSSR count). The third-order valence-electron chi connectivity index (χ3n) is 4.81. The van der Waals surface area contributed by atoms with E-state index in [9.17, 15) is 26.4 Å². The van der Waals surface area contributed by atoms with Crippen molar-refractivity contribution in [1.29, 1.82) is 0 Å². The standard InChI is InChI=1S/C18H20F3N3O3S/c1-12-3-8-16-13(2)24(10-9-23(12)16)28(26,27)15-6-4-14(5-7-15)17(25)22-11-18(19,20)21/h3-8,13H,9-11H2,1-2H3,(H,22,25)/t13-/m0/s1. The average molecular weight is 415 g/mol. The molecular formula is C18H20F3N3O3S. The second kappa shape index (κ2) is 7.25. The van der Waals surface area contributed by atoms with Gasteiger partial charge in [-0.2, -0.15) is 17.5 Å². The number of amides is 1. The van der Waals surface area contributed by atoms with Gasteiger partial charge in [0.25, 0.3) is 5.91 Å². The molecule has 1 aromatic carbocycles. The molecule has 152 valence electrons. The lowest BCUT2D eigenvalue weighted by Gasteiger charge is -2.34. The maximum Gasteiger partial charge on any atom is 0.405 e. The maximum atomic E-state index is 13.0. The van der Waals surface area contributed by atoms with Crippen LogP contribution in [-0.4, -0.2) is 42.5 Å². The Balaban J connectivity index is 1.78. The molecule has 1 amide bonds. The van der Waals surface area contributed by atoms with E-state index >= 15 is 0 Å². The molecule has 0 saturated heterocycles. The van der Waals surface area contributed by atoms with Crippen LogP contribution in [0.1, 0.15) is 34.7 Å². The van der Waals surface area contributed by atoms with Crippen LogP contribution < -0.4 is 5.32 Å². The predicted octanol–water partition coefficient (Wildman–Crippen LogP) is 2.85. The van der Waals surface area contributed by atoms with E-state index in [0.717, 1.165) is 11.4 Å². The van der Waals surface area contributed by atoms with Gasteiger partial charge < -0.3 is 9.88 Å². The normalized spacial score (nSPS) is 18.0. The minimum Gasteiger partial charge on any atom is -0.346 e. The Bertz CT molecular complexity index is 982. The van der Waals surface area contributed by atoms with E-state index in [1.807, 2.05) is 19.1 Å². The van der Waals surface area contributed by atoms with Crippen LogP contribution in [0.3, 0.4) is 0 Å². The van der Waals surface area contributed by atoms with Gasteiger partial charge in [0.1, 0.15) is 6.54 Å². The van der Waals surface area contributed by atoms with Gasteiger partial charge in [-0.05, 0) is 50.2 Å². The van der Waals surface area contributed by atoms with E-state index in [2.05, 4.69) is 4.57 Å². The molecule has 0 radical (unpaired) electrons. The molecule has 0 saturated carbocycles. The Morgan fingerprint density at radius 3 is 2.39 bits per heavy atom. The zero-order valence-electron chi connectivity index (χ0n) is 15.3. The summed E-state index contributed by atoms with van der Waals surface area (Å²) in [5.41, 5.74) is 1.92. The second-order valence-corrected chi connectivity index (χ2v) is 8.56. The lowest BCUT2D eigenvalue weighted by Crippen LogP contribution is -2.41. The van der Waals surface area contributed by atoms with Crippen molar-refractivity contribution in [2.75, 3.05) is 13.1 Å². The number of carbonyl (C=O) groups excluding carboxylic acids is 1. The number of fused-ring (bicyclic) bond motifs is 1. The monoisotopic (exact) mass is 415 g/mol. The minimum absolute atomic E-state index is 0.0107. The van der Waals surface area contributed by atoms with Crippen LogP contribution in [0.4, 0.5) is 13.2 Å². The van der Waals surface area contributed by atoms with Gasteiger partial charge in [0.2, 0.25) is 10.0 Å². The minimum atomic E-state index is -4.51. The van der Waals surface area contributed by atoms with Crippen LogP contribution >= 0.6 is 0 Å². The molecule has 0 bridgehead atoms. The Hall–Kier alpha value is -2.33. The Morgan fingerprint density at radius 2 is 1.79 bits per heavy atom. The van der Waals surface area contributed by atoms with E-state index in [4.69, 9.17) is 0 Å². The maximum absolute atomic E-state index is 13.0. The number of halogens is 3. The van der Waals surface area contributed by atoms with Gasteiger partial charge in [-0.1, -0.05) is 0 Å². The number of benzene rings is 1. The molecule has 6 nitrogen and oxygen atoms in total. The third kappa shape index (κ3) is 3.93. The van der Waals surface area contributed by atoms with Crippen molar-refractivity contribution < 1.29 is 26.4 Å². The molecule has 0 unspecified atom stereocenters. The van der Waals surface area contributed by atoms with E-state index in [0.29, 0.717) is 13.1 Å². The molecule has 1 aliphatic rings. The number of nitrogens with one attached hydrogen (secondary N) is 1. The summed E-state index contributed by atoms with van der Waals surface area (Å²) in [4.78, 5) is 11.8. The quantitative estimate of drug-likeness (QED) is 0.835. The van der Waals surface area contributed by atoms with Crippen LogP contribution in [0.2, 0.25) is 0 Å². The van der Waals surface area contributed by atoms with Crippen molar-refractivity contribution in [3.63, 3.8) is 0 Å². The van der Waals surface area contributed by atoms with Gasteiger partial charge in [-0.25, -0.2) is 8.42 Å². The summed E-state index contributed by atoms with van der Waals surface area (Å²) in [5.74, 6) is -0.916. The summed E-state index contributed by atoms with van der Waals surface area (Å²) in [6.07, 6.45) is -4.51. The Kier molecular flexibility index (Phi) is 5.28. The molecule has 1 N–H and O–H groups in total. The van der Waals surface area contributed by atoms with Crippen molar-refractivity contribution in [2.45, 2.75) is 37.5 Å². The number of hydrogen-bond acceptors (Lipinski definition) is 3. The molecule has 1 aromatic heterocycles. The first-order chi connectivity index (χ1) is 13.0. The molecular weight excluding hydrogens is 395 g/mol. The number of alkyl halides is 3. The summed E-state index contributed by atoms with van der Waals surface area (Å²) in [6, 6.07) is 8.38. The summed E-state index contributed by atoms with van der Waals surface area (Å²) >= 11 is 0. The summed E-state index contributed by atoms with van der Waals surface area (Å²) in [6.45, 7) is 3.16. The SMILES string of the molecule is Cc1ccc2n1CCN(S(=O)(=O)c1ccc(C(=O)NCC(F)(F)F)cc1)[C@H]2C. The summed E-state index contributed by atoms with van der Waals surface area (Å²) in [5, 5.41) is 1.75. The number of aromatic nitrogens is 1. The Morgan fingerprint density at radius 1 is 1.14 bits per heavy atom. The topological polar surface area (TPSA) is 71.4 Å². The zero-order chi connectivity index (χ0) is 20.7. The average Bonchev–Trinajstić information content (AvgIpc) is 3.01. The Labute approximate surface area is 161 Å². The first-order valence-electron chi connectivity index (χ1n) is 8.63. The summed E-state index contributed by atoms with van der Waals surface area (Å²) in [7, 11) is -3.81. The lowest BCUT2D eigenvalue weighted by atomic mass is 10.2. The van der Waals surface area contributed by atoms with Crippen molar-refractivity contribution >= 4 is 15.9 Å². The number of rotatable bonds is 4. The van der Waals surface area contributed by atoms with Crippen LogP contribution in [0.25, 0.3) is 0 Å². The molecule has 10 heteroatoms. The molecule has 0 fully saturated rings. The van der Waals surface area contributed by atoms with E-state index in [1.54, 1.807) is 12.2 Å². The number of aryl methyl sites for hydroxylation is 1. The molecule has 2 aromatic rings. The zero-order valence-corrected chi connectivity index (χ0v) is 16.1. The van der Waals surface area contributed by atoms with Crippen molar-refractivity contribution in [3.05, 3.63) is 53.3 Å². The lowest BCUT2D eigenvalue weighted by molar-refractivity contribution is -0.123. The van der Waals surface area contributed by atoms with E-state index in [1.165, 1.54) is 28.6 Å². The van der Waals surface area contributed by atoms with Gasteiger partial charge in [0.15, 0.2) is 0 Å². The van der Waals surface area contributed by atoms with Crippen molar-refractivity contribution in [2.24, 2.45) is 0 Å². The predicted molar refractivity (Wildman–Crippen MR) is 96.3 cm³/mol. The summed E-state index contributed by atoms with van der Waals surface area (Å²) < 4.78 is 66.1. The second-order valence-electron chi connectivity index (χ2n) is 6.67. The largest absolute Gasteiger partial charge is 0.405 e. The third-order valence-corrected chi connectivity index (χ3v) is 6.79. The van der Waals surface area contributed by atoms with Gasteiger partial charge in [-0.3, -0.25) is 4.79 Å². The highest BCUT2D eigenvalue weighted by atomic mass is 32.2. The van der Waals surface area contributed by atoms with E-state index < -0.39 is 28.7 Å². The number of sulfonamides is 1. The van der Waals surface area contributed by atoms with Crippen LogP contribution in [-0.2, 0) is 16.6 Å². The molecule has 28 heavy (non-hydrogen) atoms. The highest BCUT2D eigenvalue weighted by molar-refractivity contribution is 7.89. The van der Waals surface area contributed by atoms with Gasteiger partial charge in [-0.15, -0.1) is 0 Å². The smallest absolute Gasteiger partial charge is 0.346 e. The number of carbonyl (C=O) groups is 1. The highest BCUT2D eigenvalue weighted by Gasteiger charge is 2.34. The fourth-order valence-electron chi connectivity index (χ4n) is 3.32. The first kappa shape index (κ1) is 20.4. The first-order valence-corrected chi connectivity index (χ1v) is 10.1. The molecule has 1 atom stereocenters. The van der Waals surface area contributed by atoms with Crippen molar-refractivity contribution in [1.82, 2.24) is 14.2 Å². The van der Waals surface area contributed by atoms with Crippen LogP contribution in [0, 0.1) is 6.92 Å². The molecule has 2 heterocycles. The van der Waals surface area contributed by atoms with E-state index in [-0.39, 0.29) is 16.5 Å². The molecule has 1 aliphatic heterocycles. The fourth-order valence-corrected chi connectivity index (χ4v) is 4.92. The number of hydrogen-bond donors (Lipinski definition) is 1.